The zero-order valence-corrected chi connectivity index (χ0v) is 15.0. The topological polar surface area (TPSA) is 75.4 Å². The molecule has 5 nitrogen and oxygen atoms in total. The zero-order valence-electron chi connectivity index (χ0n) is 14.2. The first-order valence-corrected chi connectivity index (χ1v) is 8.76. The van der Waals surface area contributed by atoms with Crippen LogP contribution < -0.4 is 11.1 Å². The highest BCUT2D eigenvalue weighted by Crippen LogP contribution is 2.23. The number of aryl methyl sites for hydroxylation is 1. The number of hydrogen-bond acceptors (Lipinski definition) is 4. The van der Waals surface area contributed by atoms with Crippen LogP contribution in [0.1, 0.15) is 35.3 Å². The fourth-order valence-electron chi connectivity index (χ4n) is 2.32. The molecule has 0 fully saturated rings. The van der Waals surface area contributed by atoms with Crippen molar-refractivity contribution in [2.24, 2.45) is 5.73 Å². The fraction of sp³-hybridized carbons (Fsp3) is 0.333. The van der Waals surface area contributed by atoms with Gasteiger partial charge in [-0.2, -0.15) is 0 Å². The summed E-state index contributed by atoms with van der Waals surface area (Å²) in [6.45, 7) is 4.64. The number of amides is 2. The van der Waals surface area contributed by atoms with E-state index in [-0.39, 0.29) is 11.9 Å². The number of primary amides is 1. The van der Waals surface area contributed by atoms with Gasteiger partial charge in [0.05, 0.1) is 11.6 Å². The molecule has 0 aliphatic heterocycles. The minimum absolute atomic E-state index is 0.160. The maximum Gasteiger partial charge on any atom is 0.251 e. The first-order chi connectivity index (χ1) is 11.4. The van der Waals surface area contributed by atoms with Gasteiger partial charge < -0.3 is 11.1 Å². The third-order valence-electron chi connectivity index (χ3n) is 4.07. The molecule has 0 radical (unpaired) electrons. The van der Waals surface area contributed by atoms with E-state index in [4.69, 9.17) is 5.73 Å². The molecule has 0 saturated heterocycles. The van der Waals surface area contributed by atoms with Crippen molar-refractivity contribution in [3.8, 4) is 0 Å². The average Bonchev–Trinajstić information content (AvgIpc) is 3.03. The van der Waals surface area contributed by atoms with E-state index < -0.39 is 5.91 Å². The zero-order chi connectivity index (χ0) is 17.7. The molecule has 0 bridgehead atoms. The number of hydrogen-bond donors (Lipinski definition) is 2. The summed E-state index contributed by atoms with van der Waals surface area (Å²) in [4.78, 5) is 25.7. The van der Waals surface area contributed by atoms with E-state index in [1.165, 1.54) is 16.9 Å². The van der Waals surface area contributed by atoms with E-state index in [2.05, 4.69) is 36.5 Å². The predicted octanol–water partition coefficient (Wildman–Crippen LogP) is 2.87. The van der Waals surface area contributed by atoms with E-state index >= 15 is 0 Å². The van der Waals surface area contributed by atoms with E-state index in [9.17, 15) is 9.59 Å². The minimum Gasteiger partial charge on any atom is -0.366 e. The maximum absolute atomic E-state index is 12.4. The molecule has 2 amide bonds. The van der Waals surface area contributed by atoms with Crippen molar-refractivity contribution in [1.29, 1.82) is 0 Å². The first kappa shape index (κ1) is 18.2. The molecular weight excluding hydrogens is 322 g/mol. The predicted molar refractivity (Wildman–Crippen MR) is 98.2 cm³/mol. The molecule has 3 N–H and O–H groups in total. The lowest BCUT2D eigenvalue weighted by Gasteiger charge is -2.24. The Balaban J connectivity index is 1.98. The largest absolute Gasteiger partial charge is 0.366 e. The van der Waals surface area contributed by atoms with Crippen LogP contribution in [0.5, 0.6) is 0 Å². The highest BCUT2D eigenvalue weighted by Gasteiger charge is 2.20. The highest BCUT2D eigenvalue weighted by molar-refractivity contribution is 7.14. The Morgan fingerprint density at radius 3 is 2.42 bits per heavy atom. The molecule has 0 saturated carbocycles. The van der Waals surface area contributed by atoms with Crippen LogP contribution in [-0.2, 0) is 17.8 Å². The van der Waals surface area contributed by atoms with Crippen molar-refractivity contribution in [2.75, 3.05) is 12.4 Å². The van der Waals surface area contributed by atoms with Gasteiger partial charge in [-0.3, -0.25) is 14.5 Å². The average molecular weight is 345 g/mol. The van der Waals surface area contributed by atoms with Crippen LogP contribution in [-0.4, -0.2) is 29.8 Å². The van der Waals surface area contributed by atoms with Gasteiger partial charge in [-0.1, -0.05) is 31.2 Å². The lowest BCUT2D eigenvalue weighted by molar-refractivity contribution is -0.120. The molecule has 2 rings (SSSR count). The number of nitrogens with zero attached hydrogens (tertiary/aromatic N) is 1. The second kappa shape index (κ2) is 8.08. The third kappa shape index (κ3) is 4.43. The van der Waals surface area contributed by atoms with E-state index in [0.717, 1.165) is 12.0 Å². The lowest BCUT2D eigenvalue weighted by atomic mass is 10.1. The molecule has 0 aliphatic carbocycles. The molecule has 1 aromatic carbocycles. The standard InChI is InChI=1S/C18H23N3O2S/c1-4-13-5-7-14(8-6-13)11-21(3)12(2)17(23)20-18-15(16(19)22)9-10-24-18/h5-10,12H,4,11H2,1-3H3,(H2,19,22)(H,20,23). The number of likely N-dealkylation sites (N-methyl/N-ethyl adjacent to an activating group) is 1. The van der Waals surface area contributed by atoms with E-state index in [0.29, 0.717) is 17.1 Å². The number of thiophene rings is 1. The number of nitrogens with two attached hydrogens (primary N) is 1. The van der Waals surface area contributed by atoms with E-state index in [1.54, 1.807) is 11.4 Å². The van der Waals surface area contributed by atoms with Crippen molar-refractivity contribution in [3.05, 3.63) is 52.4 Å². The van der Waals surface area contributed by atoms with Crippen molar-refractivity contribution >= 4 is 28.2 Å². The molecule has 24 heavy (non-hydrogen) atoms. The van der Waals surface area contributed by atoms with Gasteiger partial charge in [0.1, 0.15) is 5.00 Å². The van der Waals surface area contributed by atoms with Crippen LogP contribution in [0.2, 0.25) is 0 Å². The molecular formula is C18H23N3O2S. The summed E-state index contributed by atoms with van der Waals surface area (Å²) in [6.07, 6.45) is 1.01. The normalized spacial score (nSPS) is 12.2. The number of benzene rings is 1. The molecule has 0 spiro atoms. The van der Waals surface area contributed by atoms with Gasteiger partial charge in [0.25, 0.3) is 5.91 Å². The molecule has 1 heterocycles. The van der Waals surface area contributed by atoms with Gasteiger partial charge in [-0.15, -0.1) is 11.3 Å². The molecule has 1 atom stereocenters. The van der Waals surface area contributed by atoms with Gasteiger partial charge in [0, 0.05) is 6.54 Å². The van der Waals surface area contributed by atoms with E-state index in [1.807, 2.05) is 18.9 Å². The Morgan fingerprint density at radius 1 is 1.21 bits per heavy atom. The Hall–Kier alpha value is -2.18. The third-order valence-corrected chi connectivity index (χ3v) is 4.90. The quantitative estimate of drug-likeness (QED) is 0.810. The van der Waals surface area contributed by atoms with Crippen LogP contribution in [0.15, 0.2) is 35.7 Å². The molecule has 1 aromatic heterocycles. The number of carbonyl (C=O) groups excluding carboxylic acids is 2. The maximum atomic E-state index is 12.4. The minimum atomic E-state index is -0.538. The Bertz CT molecular complexity index is 709. The number of nitrogens with one attached hydrogen (secondary N) is 1. The summed E-state index contributed by atoms with van der Waals surface area (Å²) in [5.41, 5.74) is 8.10. The fourth-order valence-corrected chi connectivity index (χ4v) is 3.12. The van der Waals surface area contributed by atoms with Crippen LogP contribution in [0.25, 0.3) is 0 Å². The molecule has 2 aromatic rings. The summed E-state index contributed by atoms with van der Waals surface area (Å²) in [5, 5.41) is 5.03. The van der Waals surface area contributed by atoms with Crippen LogP contribution in [0.3, 0.4) is 0 Å². The smallest absolute Gasteiger partial charge is 0.251 e. The Morgan fingerprint density at radius 2 is 1.83 bits per heavy atom. The van der Waals surface area contributed by atoms with Crippen LogP contribution in [0.4, 0.5) is 5.00 Å². The van der Waals surface area contributed by atoms with Crippen molar-refractivity contribution in [2.45, 2.75) is 32.9 Å². The number of anilines is 1. The summed E-state index contributed by atoms with van der Waals surface area (Å²) in [7, 11) is 1.90. The van der Waals surface area contributed by atoms with Crippen molar-refractivity contribution in [1.82, 2.24) is 4.90 Å². The Kier molecular flexibility index (Phi) is 6.11. The monoisotopic (exact) mass is 345 g/mol. The molecule has 0 aliphatic rings. The van der Waals surface area contributed by atoms with Gasteiger partial charge in [-0.25, -0.2) is 0 Å². The second-order valence-electron chi connectivity index (χ2n) is 5.78. The highest BCUT2D eigenvalue weighted by atomic mass is 32.1. The first-order valence-electron chi connectivity index (χ1n) is 7.88. The molecule has 1 unspecified atom stereocenters. The van der Waals surface area contributed by atoms with Gasteiger partial charge in [0.15, 0.2) is 0 Å². The second-order valence-corrected chi connectivity index (χ2v) is 6.69. The number of rotatable bonds is 7. The van der Waals surface area contributed by atoms with Crippen LogP contribution in [0, 0.1) is 0 Å². The lowest BCUT2D eigenvalue weighted by Crippen LogP contribution is -2.39. The SMILES string of the molecule is CCc1ccc(CN(C)C(C)C(=O)Nc2sccc2C(N)=O)cc1. The summed E-state index contributed by atoms with van der Waals surface area (Å²) in [6, 6.07) is 9.68. The van der Waals surface area contributed by atoms with Gasteiger partial charge in [0.2, 0.25) is 5.91 Å². The van der Waals surface area contributed by atoms with Gasteiger partial charge >= 0.3 is 0 Å². The summed E-state index contributed by atoms with van der Waals surface area (Å²) in [5.74, 6) is -0.698. The van der Waals surface area contributed by atoms with Crippen molar-refractivity contribution in [3.63, 3.8) is 0 Å². The van der Waals surface area contributed by atoms with Crippen molar-refractivity contribution < 1.29 is 9.59 Å². The number of carbonyl (C=O) groups is 2. The Labute approximate surface area is 146 Å². The summed E-state index contributed by atoms with van der Waals surface area (Å²) < 4.78 is 0. The molecule has 6 heteroatoms. The molecule has 128 valence electrons. The van der Waals surface area contributed by atoms with Gasteiger partial charge in [-0.05, 0) is 43.0 Å². The van der Waals surface area contributed by atoms with Crippen LogP contribution >= 0.6 is 11.3 Å². The summed E-state index contributed by atoms with van der Waals surface area (Å²) >= 11 is 1.29.